The van der Waals surface area contributed by atoms with Crippen molar-refractivity contribution in [1.29, 1.82) is 0 Å². The highest BCUT2D eigenvalue weighted by Gasteiger charge is 2.33. The van der Waals surface area contributed by atoms with Crippen LogP contribution in [0.15, 0.2) is 12.3 Å². The molecule has 0 aliphatic carbocycles. The van der Waals surface area contributed by atoms with Crippen LogP contribution in [0.2, 0.25) is 0 Å². The largest absolute Gasteiger partial charge is 0.459 e. The van der Waals surface area contributed by atoms with E-state index < -0.39 is 18.5 Å². The normalized spacial score (nSPS) is 11.3. The molecule has 0 aliphatic rings. The summed E-state index contributed by atoms with van der Waals surface area (Å²) in [5.41, 5.74) is 0.441. The zero-order chi connectivity index (χ0) is 12.3. The van der Waals surface area contributed by atoms with Crippen LogP contribution in [0.25, 0.3) is 0 Å². The van der Waals surface area contributed by atoms with Crippen LogP contribution in [0.5, 0.6) is 0 Å². The number of carbonyl (C=O) groups is 1. The Bertz CT molecular complexity index is 410. The van der Waals surface area contributed by atoms with Gasteiger partial charge in [-0.2, -0.15) is 8.78 Å². The maximum atomic E-state index is 13.5. The molecule has 0 aromatic carbocycles. The fourth-order valence-electron chi connectivity index (χ4n) is 0.982. The third-order valence-electron chi connectivity index (χ3n) is 1.90. The van der Waals surface area contributed by atoms with E-state index in [1.54, 1.807) is 6.92 Å². The van der Waals surface area contributed by atoms with Crippen LogP contribution in [0, 0.1) is 10.5 Å². The number of hydrogen-bond acceptors (Lipinski definition) is 3. The lowest BCUT2D eigenvalue weighted by atomic mass is 10.1. The number of aryl methyl sites for hydroxylation is 1. The van der Waals surface area contributed by atoms with E-state index >= 15 is 0 Å². The second-order valence-electron chi connectivity index (χ2n) is 3.28. The van der Waals surface area contributed by atoms with Gasteiger partial charge >= 0.3 is 11.9 Å². The number of nitrogens with zero attached hydrogens (tertiary/aromatic N) is 1. The molecule has 1 aromatic rings. The molecule has 0 unspecified atom stereocenters. The van der Waals surface area contributed by atoms with Crippen LogP contribution in [0.3, 0.4) is 0 Å². The van der Waals surface area contributed by atoms with Gasteiger partial charge in [-0.25, -0.2) is 0 Å². The van der Waals surface area contributed by atoms with Crippen molar-refractivity contribution in [3.05, 3.63) is 27.1 Å². The second kappa shape index (κ2) is 5.03. The summed E-state index contributed by atoms with van der Waals surface area (Å²) in [5.74, 6) is -3.93. The Balaban J connectivity index is 2.88. The average Bonchev–Trinajstić information content (AvgIpc) is 2.19. The minimum absolute atomic E-state index is 0.247. The van der Waals surface area contributed by atoms with Crippen molar-refractivity contribution < 1.29 is 18.3 Å². The molecule has 6 heteroatoms. The monoisotopic (exact) mass is 341 g/mol. The van der Waals surface area contributed by atoms with E-state index in [4.69, 9.17) is 0 Å². The van der Waals surface area contributed by atoms with Gasteiger partial charge in [0.05, 0.1) is 5.69 Å². The van der Waals surface area contributed by atoms with Crippen LogP contribution >= 0.6 is 22.6 Å². The van der Waals surface area contributed by atoms with Crippen molar-refractivity contribution in [2.75, 3.05) is 6.61 Å². The SMILES string of the molecule is CC(=O)OCC(F)(F)c1cnc(C)c(I)c1. The minimum Gasteiger partial charge on any atom is -0.459 e. The Morgan fingerprint density at radius 3 is 2.75 bits per heavy atom. The predicted octanol–water partition coefficient (Wildman–Crippen LogP) is 2.65. The number of halogens is 3. The van der Waals surface area contributed by atoms with Gasteiger partial charge in [-0.05, 0) is 35.6 Å². The highest BCUT2D eigenvalue weighted by atomic mass is 127. The van der Waals surface area contributed by atoms with Gasteiger partial charge in [0.1, 0.15) is 0 Å². The summed E-state index contributed by atoms with van der Waals surface area (Å²) in [5, 5.41) is 0. The molecule has 16 heavy (non-hydrogen) atoms. The number of carbonyl (C=O) groups excluding carboxylic acids is 1. The van der Waals surface area contributed by atoms with Crippen LogP contribution in [0.1, 0.15) is 18.2 Å². The Hall–Kier alpha value is -0.790. The van der Waals surface area contributed by atoms with E-state index in [0.29, 0.717) is 9.26 Å². The first-order valence-electron chi connectivity index (χ1n) is 4.47. The number of esters is 1. The van der Waals surface area contributed by atoms with Crippen LogP contribution < -0.4 is 0 Å². The van der Waals surface area contributed by atoms with Gasteiger partial charge in [-0.3, -0.25) is 9.78 Å². The molecule has 0 atom stereocenters. The number of aromatic nitrogens is 1. The Labute approximate surface area is 105 Å². The van der Waals surface area contributed by atoms with Gasteiger partial charge in [0.25, 0.3) is 0 Å². The van der Waals surface area contributed by atoms with Gasteiger partial charge in [-0.1, -0.05) is 0 Å². The predicted molar refractivity (Wildman–Crippen MR) is 62.2 cm³/mol. The third kappa shape index (κ3) is 3.36. The second-order valence-corrected chi connectivity index (χ2v) is 4.44. The lowest BCUT2D eigenvalue weighted by molar-refractivity contribution is -0.153. The van der Waals surface area contributed by atoms with Gasteiger partial charge in [0.15, 0.2) is 6.61 Å². The van der Waals surface area contributed by atoms with Crippen LogP contribution in [-0.4, -0.2) is 17.6 Å². The van der Waals surface area contributed by atoms with Crippen LogP contribution in [-0.2, 0) is 15.5 Å². The molecule has 1 rings (SSSR count). The molecule has 0 spiro atoms. The molecule has 1 heterocycles. The standard InChI is InChI=1S/C10H10F2INO2/c1-6-9(13)3-8(4-14-6)10(11,12)5-16-7(2)15/h3-4H,5H2,1-2H3. The lowest BCUT2D eigenvalue weighted by Crippen LogP contribution is -2.23. The summed E-state index contributed by atoms with van der Waals surface area (Å²) >= 11 is 1.93. The number of hydrogen-bond donors (Lipinski definition) is 0. The molecular weight excluding hydrogens is 331 g/mol. The number of ether oxygens (including phenoxy) is 1. The van der Waals surface area contributed by atoms with E-state index in [9.17, 15) is 13.6 Å². The Morgan fingerprint density at radius 1 is 1.62 bits per heavy atom. The summed E-state index contributed by atoms with van der Waals surface area (Å²) in [6, 6.07) is 1.34. The zero-order valence-electron chi connectivity index (χ0n) is 8.76. The number of alkyl halides is 2. The molecule has 0 radical (unpaired) electrons. The fourth-order valence-corrected chi connectivity index (χ4v) is 1.46. The summed E-state index contributed by atoms with van der Waals surface area (Å²) in [7, 11) is 0. The summed E-state index contributed by atoms with van der Waals surface area (Å²) in [6.07, 6.45) is 1.10. The molecule has 0 saturated carbocycles. The van der Waals surface area contributed by atoms with Crippen molar-refractivity contribution in [3.8, 4) is 0 Å². The minimum atomic E-state index is -3.20. The van der Waals surface area contributed by atoms with Crippen molar-refractivity contribution in [3.63, 3.8) is 0 Å². The molecule has 0 fully saturated rings. The van der Waals surface area contributed by atoms with E-state index in [0.717, 1.165) is 13.1 Å². The smallest absolute Gasteiger partial charge is 0.308 e. The van der Waals surface area contributed by atoms with Crippen molar-refractivity contribution >= 4 is 28.6 Å². The molecular formula is C10H10F2INO2. The van der Waals surface area contributed by atoms with E-state index in [1.807, 2.05) is 22.6 Å². The average molecular weight is 341 g/mol. The highest BCUT2D eigenvalue weighted by molar-refractivity contribution is 14.1. The summed E-state index contributed by atoms with van der Waals surface area (Å²) in [4.78, 5) is 14.3. The first-order chi connectivity index (χ1) is 7.33. The molecule has 88 valence electrons. The number of rotatable bonds is 3. The third-order valence-corrected chi connectivity index (χ3v) is 3.00. The van der Waals surface area contributed by atoms with Crippen molar-refractivity contribution in [2.24, 2.45) is 0 Å². The van der Waals surface area contributed by atoms with Crippen molar-refractivity contribution in [1.82, 2.24) is 4.98 Å². The van der Waals surface area contributed by atoms with Crippen LogP contribution in [0.4, 0.5) is 8.78 Å². The molecule has 3 nitrogen and oxygen atoms in total. The van der Waals surface area contributed by atoms with Gasteiger partial charge in [0.2, 0.25) is 0 Å². The summed E-state index contributed by atoms with van der Waals surface area (Å²) in [6.45, 7) is 1.87. The fraction of sp³-hybridized carbons (Fsp3) is 0.400. The first-order valence-corrected chi connectivity index (χ1v) is 5.54. The van der Waals surface area contributed by atoms with E-state index in [1.165, 1.54) is 6.07 Å². The highest BCUT2D eigenvalue weighted by Crippen LogP contribution is 2.29. The zero-order valence-corrected chi connectivity index (χ0v) is 10.9. The molecule has 0 N–H and O–H groups in total. The van der Waals surface area contributed by atoms with E-state index in [2.05, 4.69) is 9.72 Å². The van der Waals surface area contributed by atoms with Crippen molar-refractivity contribution in [2.45, 2.75) is 19.8 Å². The molecule has 0 amide bonds. The molecule has 1 aromatic heterocycles. The summed E-state index contributed by atoms with van der Waals surface area (Å²) < 4.78 is 32.0. The Kier molecular flexibility index (Phi) is 4.17. The number of pyridine rings is 1. The first kappa shape index (κ1) is 13.3. The van der Waals surface area contributed by atoms with Gasteiger partial charge in [0, 0.05) is 22.3 Å². The van der Waals surface area contributed by atoms with Gasteiger partial charge < -0.3 is 4.74 Å². The van der Waals surface area contributed by atoms with E-state index in [-0.39, 0.29) is 5.56 Å². The quantitative estimate of drug-likeness (QED) is 0.627. The maximum absolute atomic E-state index is 13.5. The molecule has 0 bridgehead atoms. The Morgan fingerprint density at radius 2 is 2.25 bits per heavy atom. The maximum Gasteiger partial charge on any atom is 0.308 e. The van der Waals surface area contributed by atoms with Gasteiger partial charge in [-0.15, -0.1) is 0 Å². The molecule has 0 aliphatic heterocycles. The topological polar surface area (TPSA) is 39.2 Å². The lowest BCUT2D eigenvalue weighted by Gasteiger charge is -2.16. The molecule has 0 saturated heterocycles.